The van der Waals surface area contributed by atoms with Crippen molar-refractivity contribution < 1.29 is 4.79 Å². The van der Waals surface area contributed by atoms with Crippen molar-refractivity contribution >= 4 is 5.78 Å². The molecule has 0 fully saturated rings. The number of Topliss-reactive ketones (excluding diaryl/α,β-unsaturated/α-hetero) is 1. The molecule has 0 radical (unpaired) electrons. The zero-order valence-corrected chi connectivity index (χ0v) is 8.57. The van der Waals surface area contributed by atoms with E-state index in [2.05, 4.69) is 16.9 Å². The Bertz CT molecular complexity index is 272. The van der Waals surface area contributed by atoms with E-state index >= 15 is 0 Å². The minimum atomic E-state index is 0.0571. The second-order valence-electron chi connectivity index (χ2n) is 3.31. The molecule has 0 aromatic carbocycles. The van der Waals surface area contributed by atoms with Crippen LogP contribution >= 0.6 is 0 Å². The molecular formula is C11H16N2O. The lowest BCUT2D eigenvalue weighted by Gasteiger charge is -1.98. The number of rotatable bonds is 6. The Balaban J connectivity index is 2.29. The third-order valence-corrected chi connectivity index (χ3v) is 2.07. The molecule has 0 unspecified atom stereocenters. The van der Waals surface area contributed by atoms with Gasteiger partial charge in [0.1, 0.15) is 0 Å². The summed E-state index contributed by atoms with van der Waals surface area (Å²) in [5.74, 6) is 0.408. The van der Waals surface area contributed by atoms with E-state index in [9.17, 15) is 4.79 Å². The van der Waals surface area contributed by atoms with Gasteiger partial charge in [0.2, 0.25) is 0 Å². The maximum atomic E-state index is 11.5. The van der Waals surface area contributed by atoms with Gasteiger partial charge in [-0.15, -0.1) is 0 Å². The van der Waals surface area contributed by atoms with E-state index in [4.69, 9.17) is 0 Å². The highest BCUT2D eigenvalue weighted by Gasteiger charge is 2.06. The number of unbranched alkanes of at least 4 members (excludes halogenated alkanes) is 3. The predicted molar refractivity (Wildman–Crippen MR) is 55.1 cm³/mol. The van der Waals surface area contributed by atoms with E-state index in [1.807, 2.05) is 0 Å². The Labute approximate surface area is 84.6 Å². The first kappa shape index (κ1) is 10.8. The Kier molecular flexibility index (Phi) is 4.83. The SMILES string of the molecule is CCCCCCC(=O)c1ncccn1. The summed E-state index contributed by atoms with van der Waals surface area (Å²) in [5, 5.41) is 0. The third-order valence-electron chi connectivity index (χ3n) is 2.07. The fourth-order valence-corrected chi connectivity index (χ4v) is 1.27. The standard InChI is InChI=1S/C11H16N2O/c1-2-3-4-5-7-10(14)11-12-8-6-9-13-11/h6,8-9H,2-5,7H2,1H3. The van der Waals surface area contributed by atoms with Crippen molar-refractivity contribution in [3.8, 4) is 0 Å². The lowest BCUT2D eigenvalue weighted by atomic mass is 10.1. The summed E-state index contributed by atoms with van der Waals surface area (Å²) in [4.78, 5) is 19.3. The van der Waals surface area contributed by atoms with Crippen LogP contribution in [0.4, 0.5) is 0 Å². The number of hydrogen-bond donors (Lipinski definition) is 0. The molecule has 0 amide bonds. The monoisotopic (exact) mass is 192 g/mol. The maximum Gasteiger partial charge on any atom is 0.200 e. The highest BCUT2D eigenvalue weighted by Crippen LogP contribution is 2.05. The number of nitrogens with zero attached hydrogens (tertiary/aromatic N) is 2. The summed E-state index contributed by atoms with van der Waals surface area (Å²) < 4.78 is 0. The van der Waals surface area contributed by atoms with Crippen molar-refractivity contribution in [2.75, 3.05) is 0 Å². The first-order valence-corrected chi connectivity index (χ1v) is 5.15. The summed E-state index contributed by atoms with van der Waals surface area (Å²) in [5.41, 5.74) is 0. The average Bonchev–Trinajstić information content (AvgIpc) is 2.25. The predicted octanol–water partition coefficient (Wildman–Crippen LogP) is 2.63. The van der Waals surface area contributed by atoms with Gasteiger partial charge in [0.25, 0.3) is 0 Å². The Hall–Kier alpha value is -1.25. The van der Waals surface area contributed by atoms with Crippen LogP contribution in [-0.2, 0) is 0 Å². The second-order valence-corrected chi connectivity index (χ2v) is 3.31. The topological polar surface area (TPSA) is 42.9 Å². The van der Waals surface area contributed by atoms with E-state index in [0.717, 1.165) is 12.8 Å². The fourth-order valence-electron chi connectivity index (χ4n) is 1.27. The van der Waals surface area contributed by atoms with Gasteiger partial charge in [-0.05, 0) is 12.5 Å². The molecule has 1 rings (SSSR count). The van der Waals surface area contributed by atoms with Crippen LogP contribution in [0.15, 0.2) is 18.5 Å². The molecule has 0 saturated heterocycles. The lowest BCUT2D eigenvalue weighted by molar-refractivity contribution is 0.0969. The van der Waals surface area contributed by atoms with Crippen molar-refractivity contribution in [3.05, 3.63) is 24.3 Å². The largest absolute Gasteiger partial charge is 0.291 e. The molecule has 0 aliphatic carbocycles. The van der Waals surface area contributed by atoms with E-state index in [-0.39, 0.29) is 5.78 Å². The minimum absolute atomic E-state index is 0.0571. The van der Waals surface area contributed by atoms with Crippen LogP contribution in [0.25, 0.3) is 0 Å². The van der Waals surface area contributed by atoms with Crippen LogP contribution in [-0.4, -0.2) is 15.8 Å². The fraction of sp³-hybridized carbons (Fsp3) is 0.545. The normalized spacial score (nSPS) is 10.1. The highest BCUT2D eigenvalue weighted by atomic mass is 16.1. The summed E-state index contributed by atoms with van der Waals surface area (Å²) in [7, 11) is 0. The van der Waals surface area contributed by atoms with Crippen LogP contribution in [0.1, 0.15) is 49.6 Å². The lowest BCUT2D eigenvalue weighted by Crippen LogP contribution is -2.04. The molecule has 0 saturated carbocycles. The summed E-state index contributed by atoms with van der Waals surface area (Å²) in [6, 6.07) is 1.72. The van der Waals surface area contributed by atoms with Crippen molar-refractivity contribution in [1.29, 1.82) is 0 Å². The van der Waals surface area contributed by atoms with Crippen LogP contribution in [0.2, 0.25) is 0 Å². The summed E-state index contributed by atoms with van der Waals surface area (Å²) in [6.07, 6.45) is 8.24. The van der Waals surface area contributed by atoms with E-state index in [1.54, 1.807) is 18.5 Å². The van der Waals surface area contributed by atoms with Crippen LogP contribution < -0.4 is 0 Å². The van der Waals surface area contributed by atoms with Crippen molar-refractivity contribution in [3.63, 3.8) is 0 Å². The maximum absolute atomic E-state index is 11.5. The number of ketones is 1. The van der Waals surface area contributed by atoms with Crippen LogP contribution in [0.5, 0.6) is 0 Å². The molecule has 1 heterocycles. The molecule has 14 heavy (non-hydrogen) atoms. The summed E-state index contributed by atoms with van der Waals surface area (Å²) in [6.45, 7) is 2.15. The molecule has 0 aliphatic heterocycles. The van der Waals surface area contributed by atoms with Gasteiger partial charge in [-0.2, -0.15) is 0 Å². The molecule has 0 bridgehead atoms. The third kappa shape index (κ3) is 3.64. The quantitative estimate of drug-likeness (QED) is 0.514. The van der Waals surface area contributed by atoms with Crippen LogP contribution in [0, 0.1) is 0 Å². The Morgan fingerprint density at radius 3 is 2.57 bits per heavy atom. The number of hydrogen-bond acceptors (Lipinski definition) is 3. The van der Waals surface area contributed by atoms with Gasteiger partial charge >= 0.3 is 0 Å². The molecule has 1 aromatic rings. The minimum Gasteiger partial charge on any atom is -0.291 e. The zero-order valence-electron chi connectivity index (χ0n) is 8.57. The first-order chi connectivity index (χ1) is 6.84. The van der Waals surface area contributed by atoms with E-state index < -0.39 is 0 Å². The summed E-state index contributed by atoms with van der Waals surface area (Å²) >= 11 is 0. The van der Waals surface area contributed by atoms with Gasteiger partial charge in [-0.3, -0.25) is 4.79 Å². The second kappa shape index (κ2) is 6.24. The highest BCUT2D eigenvalue weighted by molar-refractivity contribution is 5.92. The molecule has 1 aromatic heterocycles. The van der Waals surface area contributed by atoms with Gasteiger partial charge in [-0.25, -0.2) is 9.97 Å². The van der Waals surface area contributed by atoms with Gasteiger partial charge in [0.05, 0.1) is 0 Å². The molecule has 0 atom stereocenters. The molecule has 0 aliphatic rings. The van der Waals surface area contributed by atoms with Crippen molar-refractivity contribution in [2.24, 2.45) is 0 Å². The van der Waals surface area contributed by atoms with E-state index in [1.165, 1.54) is 12.8 Å². The van der Waals surface area contributed by atoms with Gasteiger partial charge in [-0.1, -0.05) is 26.2 Å². The van der Waals surface area contributed by atoms with Gasteiger partial charge in [0, 0.05) is 18.8 Å². The average molecular weight is 192 g/mol. The molecule has 0 N–H and O–H groups in total. The van der Waals surface area contributed by atoms with Gasteiger partial charge < -0.3 is 0 Å². The van der Waals surface area contributed by atoms with E-state index in [0.29, 0.717) is 12.2 Å². The van der Waals surface area contributed by atoms with Gasteiger partial charge in [0.15, 0.2) is 11.6 Å². The molecule has 0 spiro atoms. The van der Waals surface area contributed by atoms with Crippen molar-refractivity contribution in [1.82, 2.24) is 9.97 Å². The Morgan fingerprint density at radius 2 is 1.93 bits per heavy atom. The molecule has 76 valence electrons. The number of carbonyl (C=O) groups is 1. The molecular weight excluding hydrogens is 176 g/mol. The molecule has 3 nitrogen and oxygen atoms in total. The number of aromatic nitrogens is 2. The Morgan fingerprint density at radius 1 is 1.21 bits per heavy atom. The zero-order chi connectivity index (χ0) is 10.2. The van der Waals surface area contributed by atoms with Crippen molar-refractivity contribution in [2.45, 2.75) is 39.0 Å². The first-order valence-electron chi connectivity index (χ1n) is 5.15. The van der Waals surface area contributed by atoms with Crippen LogP contribution in [0.3, 0.4) is 0 Å². The smallest absolute Gasteiger partial charge is 0.200 e. The molecule has 3 heteroatoms. The number of carbonyl (C=O) groups excluding carboxylic acids is 1.